The van der Waals surface area contributed by atoms with Gasteiger partial charge in [0.15, 0.2) is 23.9 Å². The molecule has 0 aliphatic heterocycles. The van der Waals surface area contributed by atoms with E-state index in [0.29, 0.717) is 5.69 Å². The van der Waals surface area contributed by atoms with Crippen LogP contribution < -0.4 is 10.1 Å². The van der Waals surface area contributed by atoms with Gasteiger partial charge in [0.05, 0.1) is 24.1 Å². The Kier molecular flexibility index (Phi) is 5.16. The number of hydrogen-bond acceptors (Lipinski definition) is 6. The second-order valence-electron chi connectivity index (χ2n) is 5.30. The summed E-state index contributed by atoms with van der Waals surface area (Å²) in [5.74, 6) is -2.81. The summed E-state index contributed by atoms with van der Waals surface area (Å²) >= 11 is 0. The highest BCUT2D eigenvalue weighted by atomic mass is 19.2. The number of carbonyl (C=O) groups excluding carboxylic acids is 1. The highest BCUT2D eigenvalue weighted by molar-refractivity contribution is 5.91. The molecule has 0 radical (unpaired) electrons. The summed E-state index contributed by atoms with van der Waals surface area (Å²) in [4.78, 5) is 24.2. The third-order valence-corrected chi connectivity index (χ3v) is 3.32. The van der Waals surface area contributed by atoms with Crippen LogP contribution in [0.3, 0.4) is 0 Å². The van der Waals surface area contributed by atoms with Crippen molar-refractivity contribution >= 4 is 5.91 Å². The number of oxazole rings is 1. The topological polar surface area (TPSA) is 90.1 Å². The Hall–Kier alpha value is -3.36. The van der Waals surface area contributed by atoms with Gasteiger partial charge in [-0.1, -0.05) is 6.07 Å². The van der Waals surface area contributed by atoms with Crippen molar-refractivity contribution in [2.45, 2.75) is 20.1 Å². The fourth-order valence-corrected chi connectivity index (χ4v) is 1.99. The second kappa shape index (κ2) is 7.68. The van der Waals surface area contributed by atoms with Crippen molar-refractivity contribution in [1.82, 2.24) is 20.3 Å². The quantitative estimate of drug-likeness (QED) is 0.727. The smallest absolute Gasteiger partial charge is 0.273 e. The van der Waals surface area contributed by atoms with E-state index in [2.05, 4.69) is 20.3 Å². The molecule has 0 saturated carbocycles. The minimum absolute atomic E-state index is 0.0309. The Labute approximate surface area is 147 Å². The number of rotatable bonds is 6. The summed E-state index contributed by atoms with van der Waals surface area (Å²) < 4.78 is 36.8. The zero-order valence-electron chi connectivity index (χ0n) is 13.7. The van der Waals surface area contributed by atoms with Crippen molar-refractivity contribution in [2.24, 2.45) is 0 Å². The highest BCUT2D eigenvalue weighted by Gasteiger charge is 2.14. The minimum Gasteiger partial charge on any atom is -0.481 e. The van der Waals surface area contributed by atoms with Crippen LogP contribution in [0.5, 0.6) is 5.75 Å². The van der Waals surface area contributed by atoms with Crippen LogP contribution in [0.1, 0.15) is 27.8 Å². The van der Waals surface area contributed by atoms with Gasteiger partial charge in [0.1, 0.15) is 6.26 Å². The molecule has 3 rings (SSSR count). The van der Waals surface area contributed by atoms with Gasteiger partial charge in [0, 0.05) is 6.20 Å². The lowest BCUT2D eigenvalue weighted by atomic mass is 10.3. The van der Waals surface area contributed by atoms with Crippen LogP contribution in [0.15, 0.2) is 41.3 Å². The molecule has 3 aromatic rings. The van der Waals surface area contributed by atoms with Crippen LogP contribution in [0.4, 0.5) is 8.78 Å². The first kappa shape index (κ1) is 17.5. The number of aryl methyl sites for hydroxylation is 1. The molecule has 9 heteroatoms. The average Bonchev–Trinajstić information content (AvgIpc) is 3.11. The van der Waals surface area contributed by atoms with Gasteiger partial charge >= 0.3 is 0 Å². The molecule has 0 aliphatic carbocycles. The third-order valence-electron chi connectivity index (χ3n) is 3.32. The summed E-state index contributed by atoms with van der Waals surface area (Å²) in [5, 5.41) is 2.62. The van der Waals surface area contributed by atoms with Crippen molar-refractivity contribution in [3.63, 3.8) is 0 Å². The molecule has 0 saturated heterocycles. The largest absolute Gasteiger partial charge is 0.481 e. The van der Waals surface area contributed by atoms with Crippen molar-refractivity contribution in [2.75, 3.05) is 0 Å². The lowest BCUT2D eigenvalue weighted by molar-refractivity contribution is 0.0945. The summed E-state index contributed by atoms with van der Waals surface area (Å²) in [7, 11) is 0. The molecule has 0 bridgehead atoms. The number of aromatic nitrogens is 3. The number of hydrogen-bond donors (Lipinski definition) is 1. The van der Waals surface area contributed by atoms with E-state index in [1.54, 1.807) is 12.4 Å². The van der Waals surface area contributed by atoms with E-state index in [4.69, 9.17) is 9.15 Å². The number of nitrogens with zero attached hydrogens (tertiary/aromatic N) is 3. The third kappa shape index (κ3) is 4.18. The molecular formula is C17H14F2N4O3. The van der Waals surface area contributed by atoms with Crippen LogP contribution >= 0.6 is 0 Å². The molecule has 2 aromatic heterocycles. The van der Waals surface area contributed by atoms with E-state index in [9.17, 15) is 13.6 Å². The molecule has 134 valence electrons. The van der Waals surface area contributed by atoms with E-state index in [1.807, 2.05) is 6.92 Å². The zero-order valence-corrected chi connectivity index (χ0v) is 13.7. The Morgan fingerprint density at radius 1 is 1.27 bits per heavy atom. The van der Waals surface area contributed by atoms with Crippen molar-refractivity contribution in [3.05, 3.63) is 71.5 Å². The summed E-state index contributed by atoms with van der Waals surface area (Å²) in [6.45, 7) is 1.74. The highest BCUT2D eigenvalue weighted by Crippen LogP contribution is 2.20. The molecule has 0 unspecified atom stereocenters. The number of ether oxygens (including phenoxy) is 1. The van der Waals surface area contributed by atoms with Gasteiger partial charge in [-0.05, 0) is 19.1 Å². The van der Waals surface area contributed by atoms with Gasteiger partial charge in [0.2, 0.25) is 11.7 Å². The average molecular weight is 360 g/mol. The molecule has 2 heterocycles. The molecule has 0 spiro atoms. The summed E-state index contributed by atoms with van der Waals surface area (Å²) in [6.07, 6.45) is 4.31. The monoisotopic (exact) mass is 360 g/mol. The summed E-state index contributed by atoms with van der Waals surface area (Å²) in [5.41, 5.74) is 1.40. The molecule has 1 aromatic carbocycles. The van der Waals surface area contributed by atoms with Gasteiger partial charge < -0.3 is 14.5 Å². The molecule has 1 N–H and O–H groups in total. The number of halogens is 2. The number of nitrogens with one attached hydrogen (secondary N) is 1. The Morgan fingerprint density at radius 3 is 2.88 bits per heavy atom. The van der Waals surface area contributed by atoms with Crippen molar-refractivity contribution in [3.8, 4) is 5.75 Å². The van der Waals surface area contributed by atoms with Gasteiger partial charge in [-0.25, -0.2) is 9.37 Å². The number of amides is 1. The normalized spacial score (nSPS) is 10.6. The van der Waals surface area contributed by atoms with Crippen LogP contribution in [-0.4, -0.2) is 20.9 Å². The first-order chi connectivity index (χ1) is 12.5. The van der Waals surface area contributed by atoms with E-state index in [1.165, 1.54) is 12.1 Å². The molecule has 0 fully saturated rings. The van der Waals surface area contributed by atoms with Crippen LogP contribution in [0.2, 0.25) is 0 Å². The maximum Gasteiger partial charge on any atom is 0.273 e. The van der Waals surface area contributed by atoms with Gasteiger partial charge in [-0.15, -0.1) is 0 Å². The molecule has 1 amide bonds. The van der Waals surface area contributed by atoms with Crippen LogP contribution in [-0.2, 0) is 13.2 Å². The molecule has 0 atom stereocenters. The molecule has 26 heavy (non-hydrogen) atoms. The predicted molar refractivity (Wildman–Crippen MR) is 85.1 cm³/mol. The molecular weight excluding hydrogens is 346 g/mol. The standard InChI is InChI=1S/C17H14F2N4O3/c1-10-5-21-11(6-20-10)7-22-17(24)13-8-26-15(23-13)9-25-14-4-2-3-12(18)16(14)19/h2-6,8H,7,9H2,1H3,(H,22,24). The maximum absolute atomic E-state index is 13.5. The SMILES string of the molecule is Cc1cnc(CNC(=O)c2coc(COc3cccc(F)c3F)n2)cn1. The molecule has 0 aliphatic rings. The van der Waals surface area contributed by atoms with Crippen LogP contribution in [0.25, 0.3) is 0 Å². The predicted octanol–water partition coefficient (Wildman–Crippen LogP) is 2.56. The van der Waals surface area contributed by atoms with E-state index in [0.717, 1.165) is 18.0 Å². The zero-order chi connectivity index (χ0) is 18.5. The van der Waals surface area contributed by atoms with Crippen molar-refractivity contribution < 1.29 is 22.7 Å². The number of benzene rings is 1. The Morgan fingerprint density at radius 2 is 2.12 bits per heavy atom. The maximum atomic E-state index is 13.5. The van der Waals surface area contributed by atoms with Crippen molar-refractivity contribution in [1.29, 1.82) is 0 Å². The van der Waals surface area contributed by atoms with Crippen LogP contribution in [0, 0.1) is 18.6 Å². The Balaban J connectivity index is 1.56. The van der Waals surface area contributed by atoms with E-state index in [-0.39, 0.29) is 30.5 Å². The fraction of sp³-hybridized carbons (Fsp3) is 0.176. The van der Waals surface area contributed by atoms with Gasteiger partial charge in [0.25, 0.3) is 5.91 Å². The number of carbonyl (C=O) groups is 1. The lowest BCUT2D eigenvalue weighted by Crippen LogP contribution is -2.23. The van der Waals surface area contributed by atoms with Gasteiger partial charge in [-0.3, -0.25) is 14.8 Å². The first-order valence-electron chi connectivity index (χ1n) is 7.60. The van der Waals surface area contributed by atoms with E-state index >= 15 is 0 Å². The minimum atomic E-state index is -1.10. The molecule has 7 nitrogen and oxygen atoms in total. The fourth-order valence-electron chi connectivity index (χ4n) is 1.99. The van der Waals surface area contributed by atoms with Gasteiger partial charge in [-0.2, -0.15) is 4.39 Å². The summed E-state index contributed by atoms with van der Waals surface area (Å²) in [6, 6.07) is 3.57. The Bertz CT molecular complexity index is 913. The van der Waals surface area contributed by atoms with E-state index < -0.39 is 17.5 Å². The lowest BCUT2D eigenvalue weighted by Gasteiger charge is -2.04. The second-order valence-corrected chi connectivity index (χ2v) is 5.30. The first-order valence-corrected chi connectivity index (χ1v) is 7.60.